The van der Waals surface area contributed by atoms with Crippen molar-refractivity contribution in [1.82, 2.24) is 20.2 Å². The van der Waals surface area contributed by atoms with Crippen LogP contribution in [-0.2, 0) is 6.42 Å². The monoisotopic (exact) mass is 465 g/mol. The Hall–Kier alpha value is -2.63. The lowest BCUT2D eigenvalue weighted by molar-refractivity contribution is 0.297. The Kier molecular flexibility index (Phi) is 8.33. The molecule has 2 aliphatic rings. The third-order valence-corrected chi connectivity index (χ3v) is 6.44. The largest absolute Gasteiger partial charge is 0.358 e. The summed E-state index contributed by atoms with van der Waals surface area (Å²) in [7, 11) is 0. The van der Waals surface area contributed by atoms with E-state index in [4.69, 9.17) is 16.6 Å². The number of likely N-dealkylation sites (tertiary alicyclic amines) is 1. The number of halogens is 1. The molecule has 2 aromatic heterocycles. The number of aromatic amines is 1. The Balaban J connectivity index is 0.000000218. The molecule has 0 radical (unpaired) electrons. The minimum absolute atomic E-state index is 0.601. The summed E-state index contributed by atoms with van der Waals surface area (Å²) >= 11 is 6.57. The summed E-state index contributed by atoms with van der Waals surface area (Å²) in [6, 6.07) is 2.72. The quantitative estimate of drug-likeness (QED) is 0.518. The fourth-order valence-corrected chi connectivity index (χ4v) is 4.62. The summed E-state index contributed by atoms with van der Waals surface area (Å²) in [5.74, 6) is 1.71. The van der Waals surface area contributed by atoms with Gasteiger partial charge in [-0.15, -0.1) is 0 Å². The molecule has 5 nitrogen and oxygen atoms in total. The molecule has 4 heterocycles. The Morgan fingerprint density at radius 1 is 1.33 bits per heavy atom. The fraction of sp³-hybridized carbons (Fsp3) is 0.407. The topological polar surface area (TPSA) is 56.3 Å². The van der Waals surface area contributed by atoms with Gasteiger partial charge in [-0.2, -0.15) is 0 Å². The zero-order chi connectivity index (χ0) is 24.1. The summed E-state index contributed by atoms with van der Waals surface area (Å²) in [5, 5.41) is 6.09. The van der Waals surface area contributed by atoms with Crippen LogP contribution >= 0.6 is 11.6 Å². The van der Waals surface area contributed by atoms with Crippen molar-refractivity contribution in [3.63, 3.8) is 0 Å². The van der Waals surface area contributed by atoms with Crippen molar-refractivity contribution in [3.05, 3.63) is 69.1 Å². The molecular weight excluding hydrogens is 430 g/mol. The number of H-pyrrole nitrogens is 1. The first-order valence-electron chi connectivity index (χ1n) is 11.6. The first-order chi connectivity index (χ1) is 15.7. The molecule has 4 rings (SSSR count). The number of pyridine rings is 1. The van der Waals surface area contributed by atoms with Gasteiger partial charge in [-0.1, -0.05) is 49.9 Å². The number of aliphatic imine (C=N–C) groups is 1. The van der Waals surface area contributed by atoms with Gasteiger partial charge < -0.3 is 15.2 Å². The molecule has 2 aromatic rings. The maximum Gasteiger partial charge on any atom is 0.139 e. The highest BCUT2D eigenvalue weighted by molar-refractivity contribution is 6.31. The molecule has 2 saturated heterocycles. The number of allylic oxidation sites excluding steroid dienone is 2. The average molecular weight is 466 g/mol. The highest BCUT2D eigenvalue weighted by Gasteiger charge is 2.40. The predicted octanol–water partition coefficient (Wildman–Crippen LogP) is 3.99. The van der Waals surface area contributed by atoms with Gasteiger partial charge in [0.05, 0.1) is 15.9 Å². The zero-order valence-electron chi connectivity index (χ0n) is 20.5. The van der Waals surface area contributed by atoms with Crippen molar-refractivity contribution < 1.29 is 0 Å². The van der Waals surface area contributed by atoms with Crippen LogP contribution < -0.4 is 15.9 Å². The second kappa shape index (κ2) is 11.0. The lowest BCUT2D eigenvalue weighted by Crippen LogP contribution is -2.51. The summed E-state index contributed by atoms with van der Waals surface area (Å²) in [5.41, 5.74) is 5.49. The number of nitrogens with one attached hydrogen (secondary N) is 2. The van der Waals surface area contributed by atoms with Crippen LogP contribution in [0.15, 0.2) is 36.0 Å². The third kappa shape index (κ3) is 5.84. The van der Waals surface area contributed by atoms with Crippen LogP contribution in [0.3, 0.4) is 0 Å². The number of aromatic nitrogens is 2. The van der Waals surface area contributed by atoms with Gasteiger partial charge in [0, 0.05) is 54.5 Å². The number of fused-ring (bicyclic) bond motifs is 1. The molecule has 2 atom stereocenters. The van der Waals surface area contributed by atoms with E-state index in [1.807, 2.05) is 39.1 Å². The molecule has 2 N–H and O–H groups in total. The number of hydrogen-bond acceptors (Lipinski definition) is 4. The SMILES string of the molecule is C=C/C=C\c1ncc(C)cc1C.C=c1[nH]c(CC)c(Cl)/c1=C(/N=C(C)C)N1CC2CNC2C1. The van der Waals surface area contributed by atoms with Crippen molar-refractivity contribution >= 4 is 35.8 Å². The highest BCUT2D eigenvalue weighted by atomic mass is 35.5. The Bertz CT molecular complexity index is 1160. The summed E-state index contributed by atoms with van der Waals surface area (Å²) < 4.78 is 0. The van der Waals surface area contributed by atoms with Crippen molar-refractivity contribution in [2.24, 2.45) is 10.9 Å². The van der Waals surface area contributed by atoms with Crippen molar-refractivity contribution in [3.8, 4) is 0 Å². The van der Waals surface area contributed by atoms with Crippen LogP contribution in [0.25, 0.3) is 18.5 Å². The van der Waals surface area contributed by atoms with Crippen LogP contribution in [0.4, 0.5) is 0 Å². The molecule has 0 spiro atoms. The number of aryl methyl sites for hydroxylation is 3. The van der Waals surface area contributed by atoms with Crippen molar-refractivity contribution in [2.45, 2.75) is 47.1 Å². The number of nitrogens with zero attached hydrogens (tertiary/aromatic N) is 3. The van der Waals surface area contributed by atoms with Crippen LogP contribution in [0, 0.1) is 19.8 Å². The van der Waals surface area contributed by atoms with Gasteiger partial charge in [0.15, 0.2) is 0 Å². The highest BCUT2D eigenvalue weighted by Crippen LogP contribution is 2.27. The minimum atomic E-state index is 0.601. The maximum absolute atomic E-state index is 6.57. The Morgan fingerprint density at radius 3 is 2.58 bits per heavy atom. The first kappa shape index (κ1) is 25.0. The van der Waals surface area contributed by atoms with Crippen LogP contribution in [0.1, 0.15) is 43.3 Å². The molecule has 0 bridgehead atoms. The smallest absolute Gasteiger partial charge is 0.139 e. The van der Waals surface area contributed by atoms with E-state index in [2.05, 4.69) is 53.3 Å². The van der Waals surface area contributed by atoms with Gasteiger partial charge >= 0.3 is 0 Å². The molecule has 0 saturated carbocycles. The van der Waals surface area contributed by atoms with Crippen molar-refractivity contribution in [1.29, 1.82) is 0 Å². The van der Waals surface area contributed by atoms with Gasteiger partial charge in [0.25, 0.3) is 0 Å². The molecule has 176 valence electrons. The van der Waals surface area contributed by atoms with Crippen LogP contribution in [0.5, 0.6) is 0 Å². The zero-order valence-corrected chi connectivity index (χ0v) is 21.3. The maximum atomic E-state index is 6.57. The predicted molar refractivity (Wildman–Crippen MR) is 142 cm³/mol. The van der Waals surface area contributed by atoms with Crippen LogP contribution in [-0.4, -0.2) is 46.3 Å². The van der Waals surface area contributed by atoms with Crippen molar-refractivity contribution in [2.75, 3.05) is 19.6 Å². The van der Waals surface area contributed by atoms with E-state index in [0.717, 1.165) is 70.5 Å². The van der Waals surface area contributed by atoms with Crippen LogP contribution in [0.2, 0.25) is 5.02 Å². The van der Waals surface area contributed by atoms with E-state index in [-0.39, 0.29) is 0 Å². The summed E-state index contributed by atoms with van der Waals surface area (Å²) in [6.07, 6.45) is 8.35. The molecule has 0 aromatic carbocycles. The van der Waals surface area contributed by atoms with E-state index < -0.39 is 0 Å². The van der Waals surface area contributed by atoms with Gasteiger partial charge in [-0.3, -0.25) is 4.98 Å². The Labute approximate surface area is 202 Å². The third-order valence-electron chi connectivity index (χ3n) is 6.02. The summed E-state index contributed by atoms with van der Waals surface area (Å²) in [6.45, 7) is 21.1. The molecule has 0 amide bonds. The van der Waals surface area contributed by atoms with Gasteiger partial charge in [0.1, 0.15) is 5.82 Å². The number of rotatable bonds is 5. The Morgan fingerprint density at radius 2 is 2.09 bits per heavy atom. The van der Waals surface area contributed by atoms with Gasteiger partial charge in [-0.05, 0) is 51.3 Å². The molecule has 2 fully saturated rings. The molecule has 0 aliphatic carbocycles. The van der Waals surface area contributed by atoms with Gasteiger partial charge in [-0.25, -0.2) is 4.99 Å². The molecule has 6 heteroatoms. The molecule has 33 heavy (non-hydrogen) atoms. The fourth-order valence-electron chi connectivity index (χ4n) is 4.24. The number of hydrogen-bond donors (Lipinski definition) is 2. The van der Waals surface area contributed by atoms with E-state index in [1.54, 1.807) is 6.08 Å². The minimum Gasteiger partial charge on any atom is -0.358 e. The van der Waals surface area contributed by atoms with Gasteiger partial charge in [0.2, 0.25) is 0 Å². The lowest BCUT2D eigenvalue weighted by Gasteiger charge is -2.29. The second-order valence-corrected chi connectivity index (χ2v) is 9.37. The van der Waals surface area contributed by atoms with E-state index in [1.165, 1.54) is 11.1 Å². The average Bonchev–Trinajstić information content (AvgIpc) is 3.20. The molecule has 2 aliphatic heterocycles. The molecular formula is C27H36ClN5. The molecule has 2 unspecified atom stereocenters. The lowest BCUT2D eigenvalue weighted by atomic mass is 9.96. The van der Waals surface area contributed by atoms with E-state index in [0.29, 0.717) is 6.04 Å². The first-order valence-corrected chi connectivity index (χ1v) is 11.9. The summed E-state index contributed by atoms with van der Waals surface area (Å²) in [4.78, 5) is 14.7. The van der Waals surface area contributed by atoms with E-state index >= 15 is 0 Å². The second-order valence-electron chi connectivity index (χ2n) is 9.00. The van der Waals surface area contributed by atoms with E-state index in [9.17, 15) is 0 Å². The normalized spacial score (nSPS) is 20.0. The standard InChI is InChI=1S/C16H23ClN4.C11H13N/c1-5-12-15(17)14(10(4)20-12)16(19-9(2)3)21-7-11-6-18-13(11)8-21;1-4-5-6-11-10(3)7-9(2)8-12-11/h11,13,18,20H,4-8H2,1-3H3;4-8H,1H2,2-3H3/b16-14-;6-5-.